The van der Waals surface area contributed by atoms with Crippen LogP contribution in [0, 0.1) is 0 Å². The van der Waals surface area contributed by atoms with Gasteiger partial charge in [0.05, 0.1) is 27.0 Å². The van der Waals surface area contributed by atoms with E-state index in [-0.39, 0.29) is 5.28 Å². The zero-order valence-corrected chi connectivity index (χ0v) is 17.3. The average Bonchev–Trinajstić information content (AvgIpc) is 2.70. The van der Waals surface area contributed by atoms with Crippen LogP contribution in [0.2, 0.25) is 5.28 Å². The molecule has 0 amide bonds. The third kappa shape index (κ3) is 5.17. The van der Waals surface area contributed by atoms with Gasteiger partial charge in [-0.3, -0.25) is 4.90 Å². The predicted octanol–water partition coefficient (Wildman–Crippen LogP) is 3.62. The number of piperidine rings is 1. The molecule has 0 spiro atoms. The number of rotatable bonds is 8. The number of ether oxygens (including phenoxy) is 3. The molecule has 1 aliphatic rings. The molecule has 0 atom stereocenters. The summed E-state index contributed by atoms with van der Waals surface area (Å²) in [4.78, 5) is 10.6. The molecule has 0 saturated carbocycles. The Kier molecular flexibility index (Phi) is 7.17. The summed E-state index contributed by atoms with van der Waals surface area (Å²) in [5.74, 6) is 2.82. The maximum Gasteiger partial charge on any atom is 0.224 e. The molecular weight excluding hydrogens is 380 g/mol. The van der Waals surface area contributed by atoms with E-state index in [2.05, 4.69) is 32.3 Å². The van der Waals surface area contributed by atoms with Crippen molar-refractivity contribution in [3.63, 3.8) is 0 Å². The van der Waals surface area contributed by atoms with Crippen LogP contribution in [-0.4, -0.2) is 54.8 Å². The van der Waals surface area contributed by atoms with Crippen LogP contribution in [0.4, 0.5) is 5.82 Å². The summed E-state index contributed by atoms with van der Waals surface area (Å²) in [5.41, 5.74) is 1.22. The fraction of sp³-hybridized carbons (Fsp3) is 0.500. The Labute approximate surface area is 171 Å². The Balaban J connectivity index is 1.56. The Morgan fingerprint density at radius 3 is 2.57 bits per heavy atom. The van der Waals surface area contributed by atoms with Gasteiger partial charge in [0, 0.05) is 25.7 Å². The molecule has 1 aliphatic heterocycles. The van der Waals surface area contributed by atoms with Gasteiger partial charge in [0.1, 0.15) is 0 Å². The smallest absolute Gasteiger partial charge is 0.224 e. The Hall–Kier alpha value is -2.25. The first kappa shape index (κ1) is 20.5. The van der Waals surface area contributed by atoms with Gasteiger partial charge in [-0.2, -0.15) is 4.98 Å². The number of nitrogens with one attached hydrogen (secondary N) is 1. The van der Waals surface area contributed by atoms with Crippen molar-refractivity contribution in [3.8, 4) is 17.2 Å². The predicted molar refractivity (Wildman–Crippen MR) is 110 cm³/mol. The van der Waals surface area contributed by atoms with E-state index in [1.807, 2.05) is 13.0 Å². The van der Waals surface area contributed by atoms with Crippen molar-refractivity contribution in [2.75, 3.05) is 39.2 Å². The number of likely N-dealkylation sites (tertiary alicyclic amines) is 1. The summed E-state index contributed by atoms with van der Waals surface area (Å²) >= 11 is 5.92. The van der Waals surface area contributed by atoms with Crippen molar-refractivity contribution in [1.29, 1.82) is 0 Å². The molecule has 0 aliphatic carbocycles. The van der Waals surface area contributed by atoms with Crippen molar-refractivity contribution in [2.24, 2.45) is 0 Å². The summed E-state index contributed by atoms with van der Waals surface area (Å²) < 4.78 is 16.4. The SMILES string of the molecule is CCOc1cc(CN2CCC(Nc3nc(Cl)ncc3OC)CC2)ccc1OC. The van der Waals surface area contributed by atoms with Crippen LogP contribution < -0.4 is 19.5 Å². The number of anilines is 1. The number of hydrogen-bond donors (Lipinski definition) is 1. The Morgan fingerprint density at radius 2 is 1.89 bits per heavy atom. The summed E-state index contributed by atoms with van der Waals surface area (Å²) in [6.07, 6.45) is 3.62. The van der Waals surface area contributed by atoms with E-state index in [1.54, 1.807) is 20.4 Å². The van der Waals surface area contributed by atoms with E-state index in [0.29, 0.717) is 24.2 Å². The van der Waals surface area contributed by atoms with Crippen LogP contribution in [0.3, 0.4) is 0 Å². The first-order valence-electron chi connectivity index (χ1n) is 9.48. The van der Waals surface area contributed by atoms with Gasteiger partial charge in [0.15, 0.2) is 23.1 Å². The lowest BCUT2D eigenvalue weighted by Crippen LogP contribution is -2.38. The highest BCUT2D eigenvalue weighted by molar-refractivity contribution is 6.28. The molecule has 8 heteroatoms. The van der Waals surface area contributed by atoms with E-state index < -0.39 is 0 Å². The molecule has 1 saturated heterocycles. The molecule has 28 heavy (non-hydrogen) atoms. The molecule has 0 unspecified atom stereocenters. The lowest BCUT2D eigenvalue weighted by Gasteiger charge is -2.32. The third-order valence-electron chi connectivity index (χ3n) is 4.81. The molecule has 0 radical (unpaired) electrons. The number of aromatic nitrogens is 2. The lowest BCUT2D eigenvalue weighted by atomic mass is 10.0. The molecule has 7 nitrogen and oxygen atoms in total. The van der Waals surface area contributed by atoms with Crippen molar-refractivity contribution < 1.29 is 14.2 Å². The van der Waals surface area contributed by atoms with Gasteiger partial charge in [0.25, 0.3) is 0 Å². The van der Waals surface area contributed by atoms with Crippen LogP contribution in [0.1, 0.15) is 25.3 Å². The quantitative estimate of drug-likeness (QED) is 0.671. The molecule has 3 rings (SSSR count). The zero-order valence-electron chi connectivity index (χ0n) is 16.6. The van der Waals surface area contributed by atoms with E-state index in [1.165, 1.54) is 5.56 Å². The minimum absolute atomic E-state index is 0.213. The number of nitrogens with zero attached hydrogens (tertiary/aromatic N) is 3. The van der Waals surface area contributed by atoms with E-state index in [0.717, 1.165) is 44.0 Å². The van der Waals surface area contributed by atoms with Crippen LogP contribution in [0.25, 0.3) is 0 Å². The number of halogens is 1. The molecule has 0 bridgehead atoms. The van der Waals surface area contributed by atoms with Crippen LogP contribution in [-0.2, 0) is 6.54 Å². The minimum atomic E-state index is 0.213. The maximum absolute atomic E-state index is 5.92. The van der Waals surface area contributed by atoms with Gasteiger partial charge in [-0.1, -0.05) is 6.07 Å². The zero-order chi connectivity index (χ0) is 19.9. The maximum atomic E-state index is 5.92. The highest BCUT2D eigenvalue weighted by atomic mass is 35.5. The summed E-state index contributed by atoms with van der Waals surface area (Å²) in [7, 11) is 3.26. The molecule has 2 heterocycles. The number of hydrogen-bond acceptors (Lipinski definition) is 7. The summed E-state index contributed by atoms with van der Waals surface area (Å²) in [6.45, 7) is 5.47. The molecule has 1 aromatic carbocycles. The summed E-state index contributed by atoms with van der Waals surface area (Å²) in [5, 5.41) is 3.66. The number of benzene rings is 1. The van der Waals surface area contributed by atoms with Gasteiger partial charge in [-0.25, -0.2) is 4.98 Å². The van der Waals surface area contributed by atoms with Crippen LogP contribution in [0.15, 0.2) is 24.4 Å². The molecule has 1 N–H and O–H groups in total. The highest BCUT2D eigenvalue weighted by Gasteiger charge is 2.21. The summed E-state index contributed by atoms with van der Waals surface area (Å²) in [6, 6.07) is 6.46. The lowest BCUT2D eigenvalue weighted by molar-refractivity contribution is 0.210. The highest BCUT2D eigenvalue weighted by Crippen LogP contribution is 2.29. The second kappa shape index (κ2) is 9.80. The second-order valence-electron chi connectivity index (χ2n) is 6.67. The largest absolute Gasteiger partial charge is 0.493 e. The fourth-order valence-electron chi connectivity index (χ4n) is 3.38. The molecule has 152 valence electrons. The van der Waals surface area contributed by atoms with Gasteiger partial charge in [0.2, 0.25) is 5.28 Å². The third-order valence-corrected chi connectivity index (χ3v) is 4.99. The Bertz CT molecular complexity index is 782. The first-order chi connectivity index (χ1) is 13.6. The Morgan fingerprint density at radius 1 is 1.14 bits per heavy atom. The minimum Gasteiger partial charge on any atom is -0.493 e. The average molecular weight is 407 g/mol. The normalized spacial score (nSPS) is 15.3. The topological polar surface area (TPSA) is 68.7 Å². The van der Waals surface area contributed by atoms with Gasteiger partial charge >= 0.3 is 0 Å². The monoisotopic (exact) mass is 406 g/mol. The second-order valence-corrected chi connectivity index (χ2v) is 7.01. The van der Waals surface area contributed by atoms with Crippen molar-refractivity contribution in [2.45, 2.75) is 32.4 Å². The van der Waals surface area contributed by atoms with Crippen LogP contribution >= 0.6 is 11.6 Å². The van der Waals surface area contributed by atoms with Crippen molar-refractivity contribution in [3.05, 3.63) is 35.2 Å². The van der Waals surface area contributed by atoms with Gasteiger partial charge < -0.3 is 19.5 Å². The molecule has 1 fully saturated rings. The van der Waals surface area contributed by atoms with Crippen LogP contribution in [0.5, 0.6) is 17.2 Å². The van der Waals surface area contributed by atoms with E-state index in [4.69, 9.17) is 25.8 Å². The van der Waals surface area contributed by atoms with E-state index >= 15 is 0 Å². The van der Waals surface area contributed by atoms with Gasteiger partial charge in [-0.15, -0.1) is 0 Å². The molecule has 1 aromatic heterocycles. The number of methoxy groups -OCH3 is 2. The van der Waals surface area contributed by atoms with Gasteiger partial charge in [-0.05, 0) is 49.1 Å². The molecule has 2 aromatic rings. The first-order valence-corrected chi connectivity index (χ1v) is 9.85. The standard InChI is InChI=1S/C20H27ClN4O3/c1-4-28-17-11-14(5-6-16(17)26-2)13-25-9-7-15(8-10-25)23-19-18(27-3)12-22-20(21)24-19/h5-6,11-12,15H,4,7-10,13H2,1-3H3,(H,22,23,24). The fourth-order valence-corrected chi connectivity index (χ4v) is 3.51. The van der Waals surface area contributed by atoms with Crippen molar-refractivity contribution in [1.82, 2.24) is 14.9 Å². The van der Waals surface area contributed by atoms with E-state index in [9.17, 15) is 0 Å². The molecular formula is C20H27ClN4O3. The van der Waals surface area contributed by atoms with Crippen molar-refractivity contribution >= 4 is 17.4 Å².